The molecule has 2 aromatic rings. The van der Waals surface area contributed by atoms with E-state index >= 15 is 0 Å². The topological polar surface area (TPSA) is 89.8 Å². The minimum atomic E-state index is -3.71. The first-order valence-corrected chi connectivity index (χ1v) is 8.96. The van der Waals surface area contributed by atoms with Crippen LogP contribution >= 0.6 is 11.5 Å². The summed E-state index contributed by atoms with van der Waals surface area (Å²) in [6.45, 7) is 8.50. The molecular weight excluding hydrogens is 310 g/mol. The van der Waals surface area contributed by atoms with Gasteiger partial charge in [-0.05, 0) is 19.8 Å². The SMILES string of the molecule is CCn1cc(S(=O)(=O)Nc2nc(CC(C)C)ns2)nc1C. The maximum absolute atomic E-state index is 12.3. The first kappa shape index (κ1) is 15.9. The molecule has 7 nitrogen and oxygen atoms in total. The third kappa shape index (κ3) is 3.79. The van der Waals surface area contributed by atoms with Crippen molar-refractivity contribution >= 4 is 26.7 Å². The van der Waals surface area contributed by atoms with Crippen LogP contribution in [0.15, 0.2) is 11.2 Å². The van der Waals surface area contributed by atoms with Crippen molar-refractivity contribution in [2.45, 2.75) is 45.7 Å². The fourth-order valence-corrected chi connectivity index (χ4v) is 3.67. The lowest BCUT2D eigenvalue weighted by Gasteiger charge is -2.01. The van der Waals surface area contributed by atoms with Gasteiger partial charge in [0.2, 0.25) is 5.13 Å². The molecular formula is C12H19N5O2S2. The van der Waals surface area contributed by atoms with Crippen LogP contribution in [0.4, 0.5) is 5.13 Å². The number of rotatable bonds is 6. The van der Waals surface area contributed by atoms with Gasteiger partial charge in [0.25, 0.3) is 10.0 Å². The summed E-state index contributed by atoms with van der Waals surface area (Å²) in [7, 11) is -3.71. The van der Waals surface area contributed by atoms with Crippen molar-refractivity contribution in [3.63, 3.8) is 0 Å². The zero-order chi connectivity index (χ0) is 15.6. The van der Waals surface area contributed by atoms with E-state index in [1.807, 2.05) is 6.92 Å². The average Bonchev–Trinajstić information content (AvgIpc) is 2.95. The summed E-state index contributed by atoms with van der Waals surface area (Å²) >= 11 is 1.04. The third-order valence-corrected chi connectivity index (χ3v) is 4.86. The molecule has 9 heteroatoms. The van der Waals surface area contributed by atoms with Crippen LogP contribution in [0.3, 0.4) is 0 Å². The highest BCUT2D eigenvalue weighted by molar-refractivity contribution is 7.92. The summed E-state index contributed by atoms with van der Waals surface area (Å²) in [5, 5.41) is 0.275. The Morgan fingerprint density at radius 2 is 2.10 bits per heavy atom. The third-order valence-electron chi connectivity index (χ3n) is 2.85. The normalized spacial score (nSPS) is 12.0. The van der Waals surface area contributed by atoms with Crippen molar-refractivity contribution in [3.8, 4) is 0 Å². The van der Waals surface area contributed by atoms with Crippen molar-refractivity contribution in [2.75, 3.05) is 4.72 Å². The first-order chi connectivity index (χ1) is 9.81. The lowest BCUT2D eigenvalue weighted by atomic mass is 10.1. The van der Waals surface area contributed by atoms with Gasteiger partial charge in [-0.15, -0.1) is 0 Å². The summed E-state index contributed by atoms with van der Waals surface area (Å²) < 4.78 is 32.9. The van der Waals surface area contributed by atoms with E-state index in [9.17, 15) is 8.42 Å². The van der Waals surface area contributed by atoms with E-state index in [-0.39, 0.29) is 10.2 Å². The highest BCUT2D eigenvalue weighted by atomic mass is 32.2. The van der Waals surface area contributed by atoms with Gasteiger partial charge >= 0.3 is 0 Å². The van der Waals surface area contributed by atoms with Crippen LogP contribution in [0.2, 0.25) is 0 Å². The second-order valence-electron chi connectivity index (χ2n) is 5.13. The molecule has 0 aromatic carbocycles. The predicted octanol–water partition coefficient (Wildman–Crippen LogP) is 2.06. The summed E-state index contributed by atoms with van der Waals surface area (Å²) in [4.78, 5) is 8.27. The highest BCUT2D eigenvalue weighted by Crippen LogP contribution is 2.18. The molecule has 116 valence electrons. The lowest BCUT2D eigenvalue weighted by Crippen LogP contribution is -2.13. The molecule has 0 aliphatic heterocycles. The molecule has 0 bridgehead atoms. The maximum atomic E-state index is 12.3. The fraction of sp³-hybridized carbons (Fsp3) is 0.583. The summed E-state index contributed by atoms with van der Waals surface area (Å²) in [6.07, 6.45) is 2.25. The van der Waals surface area contributed by atoms with Gasteiger partial charge in [-0.2, -0.15) is 12.8 Å². The first-order valence-electron chi connectivity index (χ1n) is 6.71. The Morgan fingerprint density at radius 3 is 2.67 bits per heavy atom. The van der Waals surface area contributed by atoms with Crippen LogP contribution in [0.1, 0.15) is 32.4 Å². The average molecular weight is 329 g/mol. The molecule has 0 atom stereocenters. The number of aromatic nitrogens is 4. The van der Waals surface area contributed by atoms with E-state index in [0.717, 1.165) is 18.0 Å². The van der Waals surface area contributed by atoms with Gasteiger partial charge in [-0.3, -0.25) is 4.72 Å². The predicted molar refractivity (Wildman–Crippen MR) is 81.9 cm³/mol. The zero-order valence-electron chi connectivity index (χ0n) is 12.5. The van der Waals surface area contributed by atoms with Crippen molar-refractivity contribution in [3.05, 3.63) is 17.8 Å². The number of nitrogens with one attached hydrogen (secondary N) is 1. The van der Waals surface area contributed by atoms with Crippen molar-refractivity contribution in [1.29, 1.82) is 0 Å². The smallest absolute Gasteiger partial charge is 0.282 e. The van der Waals surface area contributed by atoms with E-state index in [0.29, 0.717) is 24.1 Å². The molecule has 0 unspecified atom stereocenters. The summed E-state index contributed by atoms with van der Waals surface area (Å²) in [6, 6.07) is 0. The molecule has 21 heavy (non-hydrogen) atoms. The van der Waals surface area contributed by atoms with Crippen molar-refractivity contribution in [1.82, 2.24) is 18.9 Å². The van der Waals surface area contributed by atoms with E-state index in [1.165, 1.54) is 6.20 Å². The Morgan fingerprint density at radius 1 is 1.38 bits per heavy atom. The highest BCUT2D eigenvalue weighted by Gasteiger charge is 2.21. The molecule has 1 N–H and O–H groups in total. The van der Waals surface area contributed by atoms with Gasteiger partial charge in [0.1, 0.15) is 11.6 Å². The quantitative estimate of drug-likeness (QED) is 0.876. The molecule has 0 saturated heterocycles. The second kappa shape index (κ2) is 6.10. The molecule has 0 spiro atoms. The van der Waals surface area contributed by atoms with E-state index < -0.39 is 10.0 Å². The molecule has 0 radical (unpaired) electrons. The van der Waals surface area contributed by atoms with Gasteiger partial charge in [0.05, 0.1) is 0 Å². The number of sulfonamides is 1. The Bertz CT molecular complexity index is 718. The van der Waals surface area contributed by atoms with Crippen LogP contribution < -0.4 is 4.72 Å². The Kier molecular flexibility index (Phi) is 4.62. The van der Waals surface area contributed by atoms with Crippen LogP contribution in [-0.2, 0) is 23.0 Å². The summed E-state index contributed by atoms with van der Waals surface area (Å²) in [5.74, 6) is 1.74. The van der Waals surface area contributed by atoms with E-state index in [2.05, 4.69) is 32.9 Å². The number of aryl methyl sites for hydroxylation is 2. The van der Waals surface area contributed by atoms with Crippen LogP contribution in [0, 0.1) is 12.8 Å². The standard InChI is InChI=1S/C12H19N5O2S2/c1-5-17-7-11(13-9(17)4)21(18,19)16-12-14-10(15-20-12)6-8(2)3/h7-8H,5-6H2,1-4H3,(H,14,15,16). The largest absolute Gasteiger partial charge is 0.334 e. The maximum Gasteiger partial charge on any atom is 0.282 e. The van der Waals surface area contributed by atoms with Gasteiger partial charge in [-0.1, -0.05) is 13.8 Å². The second-order valence-corrected chi connectivity index (χ2v) is 7.51. The Balaban J connectivity index is 2.18. The van der Waals surface area contributed by atoms with Gasteiger partial charge in [0.15, 0.2) is 5.03 Å². The molecule has 0 aliphatic rings. The lowest BCUT2D eigenvalue weighted by molar-refractivity contribution is 0.597. The fourth-order valence-electron chi connectivity index (χ4n) is 1.84. The van der Waals surface area contributed by atoms with Crippen molar-refractivity contribution in [2.24, 2.45) is 5.92 Å². The van der Waals surface area contributed by atoms with Crippen LogP contribution in [-0.4, -0.2) is 27.3 Å². The summed E-state index contributed by atoms with van der Waals surface area (Å²) in [5.41, 5.74) is 0. The molecule has 0 saturated carbocycles. The number of imidazole rings is 1. The Hall–Kier alpha value is -1.48. The van der Waals surface area contributed by atoms with Crippen molar-refractivity contribution < 1.29 is 8.42 Å². The van der Waals surface area contributed by atoms with Gasteiger partial charge < -0.3 is 4.57 Å². The molecule has 0 aliphatic carbocycles. The Labute approximate surface area is 128 Å². The molecule has 0 amide bonds. The number of nitrogens with zero attached hydrogens (tertiary/aromatic N) is 4. The minimum absolute atomic E-state index is 0.00228. The molecule has 2 rings (SSSR count). The zero-order valence-corrected chi connectivity index (χ0v) is 14.1. The van der Waals surface area contributed by atoms with Crippen LogP contribution in [0.5, 0.6) is 0 Å². The number of anilines is 1. The number of hydrogen-bond donors (Lipinski definition) is 1. The van der Waals surface area contributed by atoms with E-state index in [4.69, 9.17) is 0 Å². The van der Waals surface area contributed by atoms with Gasteiger partial charge in [-0.25, -0.2) is 9.97 Å². The van der Waals surface area contributed by atoms with E-state index in [1.54, 1.807) is 11.5 Å². The minimum Gasteiger partial charge on any atom is -0.334 e. The molecule has 2 heterocycles. The van der Waals surface area contributed by atoms with Gasteiger partial charge in [0, 0.05) is 30.7 Å². The monoisotopic (exact) mass is 329 g/mol. The molecule has 0 fully saturated rings. The molecule has 2 aromatic heterocycles. The van der Waals surface area contributed by atoms with Crippen LogP contribution in [0.25, 0.3) is 0 Å². The number of hydrogen-bond acceptors (Lipinski definition) is 6.